The summed E-state index contributed by atoms with van der Waals surface area (Å²) in [6.07, 6.45) is 1.88. The summed E-state index contributed by atoms with van der Waals surface area (Å²) in [5.41, 5.74) is 3.24. The fourth-order valence-electron chi connectivity index (χ4n) is 2.00. The van der Waals surface area contributed by atoms with Crippen LogP contribution in [0.3, 0.4) is 0 Å². The molecule has 0 amide bonds. The average molecular weight is 304 g/mol. The largest absolute Gasteiger partial charge is 0.497 e. The Morgan fingerprint density at radius 1 is 1.33 bits per heavy atom. The first-order valence-corrected chi connectivity index (χ1v) is 7.25. The third-order valence-corrected chi connectivity index (χ3v) is 3.54. The van der Waals surface area contributed by atoms with E-state index in [-0.39, 0.29) is 0 Å². The summed E-state index contributed by atoms with van der Waals surface area (Å²) < 4.78 is 7.09. The fourth-order valence-corrected chi connectivity index (χ4v) is 2.19. The van der Waals surface area contributed by atoms with Crippen LogP contribution in [-0.2, 0) is 13.1 Å². The standard InChI is InChI=1S/C15H20N4OS/c1-4-19-11(2)12(10-17-19)9-16-15(21)18-13-5-7-14(20-3)8-6-13/h5-8,10H,4,9H2,1-3H3,(H2,16,18,21). The second kappa shape index (κ2) is 7.08. The zero-order valence-electron chi connectivity index (χ0n) is 12.5. The summed E-state index contributed by atoms with van der Waals surface area (Å²) >= 11 is 5.29. The monoisotopic (exact) mass is 304 g/mol. The van der Waals surface area contributed by atoms with E-state index in [4.69, 9.17) is 17.0 Å². The van der Waals surface area contributed by atoms with Crippen molar-refractivity contribution >= 4 is 23.0 Å². The van der Waals surface area contributed by atoms with Crippen LogP contribution < -0.4 is 15.4 Å². The molecule has 2 aromatic rings. The first-order chi connectivity index (χ1) is 10.1. The first kappa shape index (κ1) is 15.3. The van der Waals surface area contributed by atoms with Gasteiger partial charge in [0.15, 0.2) is 5.11 Å². The number of aryl methyl sites for hydroxylation is 1. The van der Waals surface area contributed by atoms with Crippen LogP contribution in [-0.4, -0.2) is 22.0 Å². The van der Waals surface area contributed by atoms with Gasteiger partial charge in [0, 0.05) is 30.0 Å². The molecule has 0 unspecified atom stereocenters. The molecule has 5 nitrogen and oxygen atoms in total. The van der Waals surface area contributed by atoms with Crippen LogP contribution in [0.2, 0.25) is 0 Å². The summed E-state index contributed by atoms with van der Waals surface area (Å²) in [4.78, 5) is 0. The highest BCUT2D eigenvalue weighted by Crippen LogP contribution is 2.15. The van der Waals surface area contributed by atoms with E-state index >= 15 is 0 Å². The second-order valence-corrected chi connectivity index (χ2v) is 5.02. The Morgan fingerprint density at radius 2 is 2.05 bits per heavy atom. The van der Waals surface area contributed by atoms with Crippen molar-refractivity contribution in [3.63, 3.8) is 0 Å². The van der Waals surface area contributed by atoms with Gasteiger partial charge >= 0.3 is 0 Å². The van der Waals surface area contributed by atoms with E-state index in [1.54, 1.807) is 7.11 Å². The quantitative estimate of drug-likeness (QED) is 0.832. The van der Waals surface area contributed by atoms with Crippen molar-refractivity contribution < 1.29 is 4.74 Å². The number of nitrogens with zero attached hydrogens (tertiary/aromatic N) is 2. The molecular formula is C15H20N4OS. The Morgan fingerprint density at radius 3 is 2.62 bits per heavy atom. The molecule has 1 heterocycles. The maximum atomic E-state index is 5.29. The van der Waals surface area contributed by atoms with Crippen LogP contribution in [0.15, 0.2) is 30.5 Å². The molecule has 0 aliphatic carbocycles. The van der Waals surface area contributed by atoms with Gasteiger partial charge in [-0.25, -0.2) is 0 Å². The van der Waals surface area contributed by atoms with Crippen molar-refractivity contribution in [2.24, 2.45) is 0 Å². The molecule has 6 heteroatoms. The molecule has 1 aromatic carbocycles. The Hall–Kier alpha value is -2.08. The molecule has 0 atom stereocenters. The van der Waals surface area contributed by atoms with E-state index in [9.17, 15) is 0 Å². The first-order valence-electron chi connectivity index (χ1n) is 6.84. The molecule has 0 aliphatic rings. The third kappa shape index (κ3) is 3.95. The predicted molar refractivity (Wildman–Crippen MR) is 88.7 cm³/mol. The van der Waals surface area contributed by atoms with Crippen LogP contribution in [0, 0.1) is 6.92 Å². The van der Waals surface area contributed by atoms with Crippen LogP contribution in [0.25, 0.3) is 0 Å². The maximum Gasteiger partial charge on any atom is 0.171 e. The molecule has 0 radical (unpaired) electrons. The average Bonchev–Trinajstić information content (AvgIpc) is 2.86. The minimum absolute atomic E-state index is 0.587. The Kier molecular flexibility index (Phi) is 5.16. The van der Waals surface area contributed by atoms with E-state index in [0.29, 0.717) is 11.7 Å². The molecule has 2 rings (SSSR count). The molecular weight excluding hydrogens is 284 g/mol. The van der Waals surface area contributed by atoms with Crippen LogP contribution in [0.4, 0.5) is 5.69 Å². The third-order valence-electron chi connectivity index (χ3n) is 3.29. The lowest BCUT2D eigenvalue weighted by Gasteiger charge is -2.11. The number of ether oxygens (including phenoxy) is 1. The molecule has 2 N–H and O–H groups in total. The Bertz CT molecular complexity index is 607. The van der Waals surface area contributed by atoms with E-state index in [1.165, 1.54) is 0 Å². The number of hydrogen-bond donors (Lipinski definition) is 2. The van der Waals surface area contributed by atoms with Crippen LogP contribution in [0.5, 0.6) is 5.75 Å². The SMILES string of the molecule is CCn1ncc(CNC(=S)Nc2ccc(OC)cc2)c1C. The van der Waals surface area contributed by atoms with Gasteiger partial charge in [-0.15, -0.1) is 0 Å². The normalized spacial score (nSPS) is 10.2. The summed E-state index contributed by atoms with van der Waals surface area (Å²) in [6, 6.07) is 7.63. The maximum absolute atomic E-state index is 5.29. The van der Waals surface area contributed by atoms with Gasteiger partial charge in [-0.1, -0.05) is 0 Å². The molecule has 0 saturated heterocycles. The van der Waals surface area contributed by atoms with Gasteiger partial charge in [0.05, 0.1) is 13.3 Å². The van der Waals surface area contributed by atoms with Gasteiger partial charge in [-0.3, -0.25) is 4.68 Å². The van der Waals surface area contributed by atoms with Crippen LogP contribution in [0.1, 0.15) is 18.2 Å². The summed E-state index contributed by atoms with van der Waals surface area (Å²) in [7, 11) is 1.65. The molecule has 0 spiro atoms. The lowest BCUT2D eigenvalue weighted by Crippen LogP contribution is -2.28. The zero-order chi connectivity index (χ0) is 15.2. The highest BCUT2D eigenvalue weighted by atomic mass is 32.1. The minimum atomic E-state index is 0.587. The van der Waals surface area contributed by atoms with Gasteiger partial charge in [0.1, 0.15) is 5.75 Å². The van der Waals surface area contributed by atoms with Crippen molar-refractivity contribution in [2.75, 3.05) is 12.4 Å². The highest BCUT2D eigenvalue weighted by Gasteiger charge is 2.05. The molecule has 0 bridgehead atoms. The van der Waals surface area contributed by atoms with E-state index in [1.807, 2.05) is 35.1 Å². The summed E-state index contributed by atoms with van der Waals surface area (Å²) in [5, 5.41) is 11.2. The molecule has 21 heavy (non-hydrogen) atoms. The lowest BCUT2D eigenvalue weighted by molar-refractivity contribution is 0.415. The lowest BCUT2D eigenvalue weighted by atomic mass is 10.2. The van der Waals surface area contributed by atoms with Gasteiger partial charge in [-0.05, 0) is 50.3 Å². The zero-order valence-corrected chi connectivity index (χ0v) is 13.3. The van der Waals surface area contributed by atoms with Crippen molar-refractivity contribution in [3.05, 3.63) is 41.7 Å². The number of hydrogen-bond acceptors (Lipinski definition) is 3. The number of nitrogens with one attached hydrogen (secondary N) is 2. The number of aromatic nitrogens is 2. The number of anilines is 1. The van der Waals surface area contributed by atoms with E-state index in [2.05, 4.69) is 29.6 Å². The van der Waals surface area contributed by atoms with Crippen molar-refractivity contribution in [1.82, 2.24) is 15.1 Å². The van der Waals surface area contributed by atoms with Crippen molar-refractivity contribution in [3.8, 4) is 5.75 Å². The van der Waals surface area contributed by atoms with Gasteiger partial charge in [0.25, 0.3) is 0 Å². The van der Waals surface area contributed by atoms with Gasteiger partial charge < -0.3 is 15.4 Å². The van der Waals surface area contributed by atoms with Gasteiger partial charge in [0.2, 0.25) is 0 Å². The van der Waals surface area contributed by atoms with Crippen molar-refractivity contribution in [2.45, 2.75) is 26.9 Å². The number of methoxy groups -OCH3 is 1. The molecule has 0 fully saturated rings. The Balaban J connectivity index is 1.87. The topological polar surface area (TPSA) is 51.1 Å². The van der Waals surface area contributed by atoms with E-state index < -0.39 is 0 Å². The molecule has 1 aromatic heterocycles. The predicted octanol–water partition coefficient (Wildman–Crippen LogP) is 2.71. The second-order valence-electron chi connectivity index (χ2n) is 4.61. The number of thiocarbonyl (C=S) groups is 1. The number of benzene rings is 1. The fraction of sp³-hybridized carbons (Fsp3) is 0.333. The smallest absolute Gasteiger partial charge is 0.171 e. The minimum Gasteiger partial charge on any atom is -0.497 e. The van der Waals surface area contributed by atoms with Crippen LogP contribution >= 0.6 is 12.2 Å². The Labute approximate surface area is 130 Å². The van der Waals surface area contributed by atoms with Gasteiger partial charge in [-0.2, -0.15) is 5.10 Å². The molecule has 0 saturated carbocycles. The number of rotatable bonds is 5. The summed E-state index contributed by atoms with van der Waals surface area (Å²) in [6.45, 7) is 5.68. The highest BCUT2D eigenvalue weighted by molar-refractivity contribution is 7.80. The van der Waals surface area contributed by atoms with E-state index in [0.717, 1.165) is 29.2 Å². The summed E-state index contributed by atoms with van der Waals surface area (Å²) in [5.74, 6) is 0.821. The molecule has 0 aliphatic heterocycles. The molecule has 112 valence electrons. The van der Waals surface area contributed by atoms with Crippen molar-refractivity contribution in [1.29, 1.82) is 0 Å².